The molecule has 0 spiro atoms. The first-order valence-electron chi connectivity index (χ1n) is 4.79. The summed E-state index contributed by atoms with van der Waals surface area (Å²) in [5, 5.41) is 0.545. The molecule has 0 aromatic heterocycles. The Bertz CT molecular complexity index is 570. The largest absolute Gasteiger partial charge is 0.324 e. The molecule has 1 amide bonds. The highest BCUT2D eigenvalue weighted by Gasteiger charge is 2.54. The summed E-state index contributed by atoms with van der Waals surface area (Å²) in [5.41, 5.74) is -0.229. The summed E-state index contributed by atoms with van der Waals surface area (Å²) in [6.07, 6.45) is 0.112. The fourth-order valence-electron chi connectivity index (χ4n) is 2.01. The highest BCUT2D eigenvalue weighted by atomic mass is 35.7. The Hall–Kier alpha value is -0.780. The molecule has 1 aromatic carbocycles. The third kappa shape index (κ3) is 2.03. The van der Waals surface area contributed by atoms with Gasteiger partial charge in [-0.25, -0.2) is 4.31 Å². The minimum atomic E-state index is -4.06. The van der Waals surface area contributed by atoms with Crippen molar-refractivity contribution in [3.05, 3.63) is 34.9 Å². The van der Waals surface area contributed by atoms with Gasteiger partial charge in [0.25, 0.3) is 0 Å². The maximum absolute atomic E-state index is 11.4. The van der Waals surface area contributed by atoms with Gasteiger partial charge in [0, 0.05) is 15.7 Å². The molecule has 0 N–H and O–H groups in total. The van der Waals surface area contributed by atoms with Crippen LogP contribution in [-0.2, 0) is 19.6 Å². The molecule has 1 fully saturated rings. The van der Waals surface area contributed by atoms with Crippen LogP contribution >= 0.6 is 22.3 Å². The Morgan fingerprint density at radius 3 is 2.24 bits per heavy atom. The van der Waals surface area contributed by atoms with Crippen LogP contribution in [-0.4, -0.2) is 18.6 Å². The number of carbonyl (C=O) groups is 1. The standard InChI is InChI=1S/C10H9Cl2NO3S/c1-10(7-2-4-8(11)5-3-7)6-9(14)13(10)17(12,15)16/h2-5H,6H2,1H3. The van der Waals surface area contributed by atoms with Crippen molar-refractivity contribution in [3.63, 3.8) is 0 Å². The Morgan fingerprint density at radius 2 is 1.82 bits per heavy atom. The van der Waals surface area contributed by atoms with Crippen LogP contribution in [0.25, 0.3) is 0 Å². The number of rotatable bonds is 2. The van der Waals surface area contributed by atoms with Gasteiger partial charge < -0.3 is 0 Å². The molecule has 1 saturated heterocycles. The molecule has 92 valence electrons. The van der Waals surface area contributed by atoms with Crippen LogP contribution in [0.1, 0.15) is 18.9 Å². The van der Waals surface area contributed by atoms with E-state index in [0.29, 0.717) is 14.9 Å². The molecule has 4 nitrogen and oxygen atoms in total. The molecule has 1 unspecified atom stereocenters. The molecule has 1 aromatic rings. The van der Waals surface area contributed by atoms with E-state index in [-0.39, 0.29) is 6.42 Å². The summed E-state index contributed by atoms with van der Waals surface area (Å²) in [6, 6.07) is 6.65. The van der Waals surface area contributed by atoms with E-state index in [1.54, 1.807) is 31.2 Å². The number of nitrogens with zero attached hydrogens (tertiary/aromatic N) is 1. The molecule has 0 bridgehead atoms. The van der Waals surface area contributed by atoms with Gasteiger partial charge in [-0.1, -0.05) is 23.7 Å². The van der Waals surface area contributed by atoms with E-state index in [1.807, 2.05) is 0 Å². The second-order valence-corrected chi connectivity index (χ2v) is 6.85. The minimum absolute atomic E-state index is 0.112. The van der Waals surface area contributed by atoms with E-state index in [0.717, 1.165) is 0 Å². The van der Waals surface area contributed by atoms with E-state index in [2.05, 4.69) is 0 Å². The zero-order valence-electron chi connectivity index (χ0n) is 8.85. The molecular formula is C10H9Cl2NO3S. The second-order valence-electron chi connectivity index (χ2n) is 4.06. The normalized spacial score (nSPS) is 24.6. The molecule has 7 heteroatoms. The summed E-state index contributed by atoms with van der Waals surface area (Å²) in [6.45, 7) is 1.65. The Balaban J connectivity index is 2.45. The molecule has 2 rings (SSSR count). The smallest absolute Gasteiger partial charge is 0.274 e. The maximum atomic E-state index is 11.4. The molecule has 17 heavy (non-hydrogen) atoms. The first kappa shape index (κ1) is 12.7. The fourth-order valence-corrected chi connectivity index (χ4v) is 3.79. The van der Waals surface area contributed by atoms with E-state index in [9.17, 15) is 13.2 Å². The van der Waals surface area contributed by atoms with Crippen molar-refractivity contribution >= 4 is 37.4 Å². The highest BCUT2D eigenvalue weighted by molar-refractivity contribution is 8.12. The topological polar surface area (TPSA) is 54.5 Å². The number of hydrogen-bond acceptors (Lipinski definition) is 3. The van der Waals surface area contributed by atoms with Crippen molar-refractivity contribution in [1.29, 1.82) is 0 Å². The lowest BCUT2D eigenvalue weighted by Crippen LogP contribution is -2.60. The Kier molecular flexibility index (Phi) is 2.88. The van der Waals surface area contributed by atoms with E-state index in [1.165, 1.54) is 0 Å². The van der Waals surface area contributed by atoms with Crippen molar-refractivity contribution in [2.24, 2.45) is 0 Å². The summed E-state index contributed by atoms with van der Waals surface area (Å²) >= 11 is 5.75. The summed E-state index contributed by atoms with van der Waals surface area (Å²) in [4.78, 5) is 11.4. The van der Waals surface area contributed by atoms with Gasteiger partial charge in [0.1, 0.15) is 0 Å². The lowest BCUT2D eigenvalue weighted by molar-refractivity contribution is -0.144. The number of β-lactam (4-membered cyclic amide) rings is 1. The van der Waals surface area contributed by atoms with Gasteiger partial charge in [0.2, 0.25) is 5.91 Å². The minimum Gasteiger partial charge on any atom is -0.274 e. The zero-order chi connectivity index (χ0) is 12.8. The molecule has 1 atom stereocenters. The maximum Gasteiger partial charge on any atom is 0.324 e. The van der Waals surface area contributed by atoms with Gasteiger partial charge >= 0.3 is 9.24 Å². The molecule has 1 heterocycles. The molecular weight excluding hydrogens is 285 g/mol. The van der Waals surface area contributed by atoms with Crippen LogP contribution < -0.4 is 0 Å². The predicted octanol–water partition coefficient (Wildman–Crippen LogP) is 2.27. The molecule has 1 aliphatic rings. The lowest BCUT2D eigenvalue weighted by atomic mass is 9.82. The average molecular weight is 294 g/mol. The van der Waals surface area contributed by atoms with Crippen molar-refractivity contribution in [1.82, 2.24) is 4.31 Å². The summed E-state index contributed by atoms with van der Waals surface area (Å²) in [7, 11) is 1.19. The van der Waals surface area contributed by atoms with Crippen LogP contribution in [0.2, 0.25) is 5.02 Å². The van der Waals surface area contributed by atoms with Gasteiger partial charge in [-0.2, -0.15) is 8.42 Å². The van der Waals surface area contributed by atoms with Crippen LogP contribution in [0.5, 0.6) is 0 Å². The number of halogens is 2. The number of hydrogen-bond donors (Lipinski definition) is 0. The van der Waals surface area contributed by atoms with E-state index >= 15 is 0 Å². The molecule has 0 radical (unpaired) electrons. The van der Waals surface area contributed by atoms with Gasteiger partial charge in [0.05, 0.1) is 12.0 Å². The van der Waals surface area contributed by atoms with E-state index in [4.69, 9.17) is 22.3 Å². The lowest BCUT2D eigenvalue weighted by Gasteiger charge is -2.47. The first-order chi connectivity index (χ1) is 7.75. The van der Waals surface area contributed by atoms with Crippen LogP contribution in [0.3, 0.4) is 0 Å². The Labute approximate surface area is 109 Å². The first-order valence-corrected chi connectivity index (χ1v) is 7.43. The summed E-state index contributed by atoms with van der Waals surface area (Å²) in [5.74, 6) is -0.502. The molecule has 0 saturated carbocycles. The fraction of sp³-hybridized carbons (Fsp3) is 0.300. The van der Waals surface area contributed by atoms with Crippen LogP contribution in [0.4, 0.5) is 0 Å². The third-order valence-electron chi connectivity index (χ3n) is 2.85. The van der Waals surface area contributed by atoms with Gasteiger partial charge in [0.15, 0.2) is 0 Å². The quantitative estimate of drug-likeness (QED) is 0.621. The van der Waals surface area contributed by atoms with Crippen molar-refractivity contribution < 1.29 is 13.2 Å². The monoisotopic (exact) mass is 293 g/mol. The predicted molar refractivity (Wildman–Crippen MR) is 65.0 cm³/mol. The van der Waals surface area contributed by atoms with Crippen molar-refractivity contribution in [3.8, 4) is 0 Å². The average Bonchev–Trinajstić information content (AvgIpc) is 2.14. The number of carbonyl (C=O) groups excluding carboxylic acids is 1. The van der Waals surface area contributed by atoms with Crippen LogP contribution in [0, 0.1) is 0 Å². The van der Waals surface area contributed by atoms with Gasteiger partial charge in [-0.15, -0.1) is 0 Å². The highest BCUT2D eigenvalue weighted by Crippen LogP contribution is 2.44. The van der Waals surface area contributed by atoms with E-state index < -0.39 is 20.7 Å². The summed E-state index contributed by atoms with van der Waals surface area (Å²) < 4.78 is 23.3. The zero-order valence-corrected chi connectivity index (χ0v) is 11.2. The van der Waals surface area contributed by atoms with Gasteiger partial charge in [-0.3, -0.25) is 4.79 Å². The number of amides is 1. The SMILES string of the molecule is CC1(c2ccc(Cl)cc2)CC(=O)N1S(=O)(=O)Cl. The second kappa shape index (κ2) is 3.86. The van der Waals surface area contributed by atoms with Crippen LogP contribution in [0.15, 0.2) is 24.3 Å². The van der Waals surface area contributed by atoms with Crippen molar-refractivity contribution in [2.75, 3.05) is 0 Å². The molecule has 0 aliphatic carbocycles. The van der Waals surface area contributed by atoms with Crippen molar-refractivity contribution in [2.45, 2.75) is 18.9 Å². The number of benzene rings is 1. The van der Waals surface area contributed by atoms with Gasteiger partial charge in [-0.05, 0) is 24.6 Å². The Morgan fingerprint density at radius 1 is 1.29 bits per heavy atom. The third-order valence-corrected chi connectivity index (χ3v) is 4.56. The molecule has 1 aliphatic heterocycles.